The van der Waals surface area contributed by atoms with E-state index in [0.717, 1.165) is 20.7 Å². The largest absolute Gasteiger partial charge is 0.334 e. The molecule has 6 nitrogen and oxygen atoms in total. The molecule has 1 N–H and O–H groups in total. The molecule has 3 aromatic heterocycles. The van der Waals surface area contributed by atoms with Gasteiger partial charge in [-0.15, -0.1) is 10.2 Å². The minimum Gasteiger partial charge on any atom is -0.334 e. The lowest BCUT2D eigenvalue weighted by Crippen LogP contribution is -1.87. The molecular formula is C15H11N5OS3. The molecule has 0 saturated carbocycles. The molecule has 9 heteroatoms. The van der Waals surface area contributed by atoms with Gasteiger partial charge in [0.25, 0.3) is 5.89 Å². The van der Waals surface area contributed by atoms with Crippen LogP contribution in [0.4, 0.5) is 10.8 Å². The normalized spacial score (nSPS) is 10.8. The van der Waals surface area contributed by atoms with Gasteiger partial charge in [-0.25, -0.2) is 0 Å². The molecule has 24 heavy (non-hydrogen) atoms. The van der Waals surface area contributed by atoms with Crippen LogP contribution in [0.3, 0.4) is 0 Å². The van der Waals surface area contributed by atoms with Crippen LogP contribution in [0.15, 0.2) is 56.0 Å². The fraction of sp³-hybridized carbons (Fsp3) is 0.0667. The molecule has 1 aromatic carbocycles. The van der Waals surface area contributed by atoms with E-state index in [9.17, 15) is 0 Å². The van der Waals surface area contributed by atoms with Crippen LogP contribution < -0.4 is 5.32 Å². The van der Waals surface area contributed by atoms with E-state index in [0.29, 0.717) is 17.5 Å². The summed E-state index contributed by atoms with van der Waals surface area (Å²) in [5.74, 6) is 1.79. The van der Waals surface area contributed by atoms with Gasteiger partial charge in [0.05, 0.1) is 11.3 Å². The van der Waals surface area contributed by atoms with Gasteiger partial charge in [-0.2, -0.15) is 16.3 Å². The second-order valence-electron chi connectivity index (χ2n) is 4.68. The number of thiophene rings is 1. The summed E-state index contributed by atoms with van der Waals surface area (Å²) in [6.07, 6.45) is 0. The Kier molecular flexibility index (Phi) is 4.54. The second-order valence-corrected chi connectivity index (χ2v) is 7.66. The van der Waals surface area contributed by atoms with Gasteiger partial charge in [0.15, 0.2) is 10.2 Å². The van der Waals surface area contributed by atoms with Crippen molar-refractivity contribution in [3.8, 4) is 11.5 Å². The average molecular weight is 373 g/mol. The molecule has 0 unspecified atom stereocenters. The Labute approximate surface area is 150 Å². The first kappa shape index (κ1) is 15.3. The van der Waals surface area contributed by atoms with E-state index in [-0.39, 0.29) is 0 Å². The quantitative estimate of drug-likeness (QED) is 0.491. The SMILES string of the molecule is c1ccc(Nc2nnc(SCc3noc(-c4ccsc4)n3)s2)cc1. The van der Waals surface area contributed by atoms with E-state index in [1.165, 1.54) is 23.1 Å². The summed E-state index contributed by atoms with van der Waals surface area (Å²) in [5.41, 5.74) is 1.94. The van der Waals surface area contributed by atoms with Crippen molar-refractivity contribution in [2.45, 2.75) is 10.1 Å². The zero-order valence-corrected chi connectivity index (χ0v) is 14.7. The second kappa shape index (κ2) is 7.12. The molecule has 0 radical (unpaired) electrons. The molecular weight excluding hydrogens is 362 g/mol. The predicted octanol–water partition coefficient (Wildman–Crippen LogP) is 4.69. The highest BCUT2D eigenvalue weighted by Crippen LogP contribution is 2.30. The van der Waals surface area contributed by atoms with Crippen LogP contribution in [0.2, 0.25) is 0 Å². The monoisotopic (exact) mass is 373 g/mol. The Morgan fingerprint density at radius 2 is 2.04 bits per heavy atom. The summed E-state index contributed by atoms with van der Waals surface area (Å²) in [6, 6.07) is 11.9. The third-order valence-corrected chi connectivity index (χ3v) is 5.64. The third kappa shape index (κ3) is 3.64. The van der Waals surface area contributed by atoms with E-state index in [1.54, 1.807) is 11.3 Å². The lowest BCUT2D eigenvalue weighted by molar-refractivity contribution is 0.425. The minimum absolute atomic E-state index is 0.551. The van der Waals surface area contributed by atoms with Crippen molar-refractivity contribution in [1.29, 1.82) is 0 Å². The Morgan fingerprint density at radius 3 is 2.88 bits per heavy atom. The Balaban J connectivity index is 1.36. The molecule has 0 spiro atoms. The molecule has 0 aliphatic carbocycles. The highest BCUT2D eigenvalue weighted by atomic mass is 32.2. The highest BCUT2D eigenvalue weighted by Gasteiger charge is 2.11. The standard InChI is InChI=1S/C15H11N5OS3/c1-2-4-11(5-3-1)16-14-18-19-15(24-14)23-9-12-17-13(21-20-12)10-6-7-22-8-10/h1-8H,9H2,(H,16,18). The van der Waals surface area contributed by atoms with Crippen molar-refractivity contribution in [3.63, 3.8) is 0 Å². The van der Waals surface area contributed by atoms with Crippen molar-refractivity contribution in [2.24, 2.45) is 0 Å². The van der Waals surface area contributed by atoms with Gasteiger partial charge in [0.1, 0.15) is 0 Å². The fourth-order valence-corrected chi connectivity index (χ4v) is 4.15. The summed E-state index contributed by atoms with van der Waals surface area (Å²) in [6.45, 7) is 0. The van der Waals surface area contributed by atoms with Crippen LogP contribution in [0.5, 0.6) is 0 Å². The molecule has 0 aliphatic heterocycles. The molecule has 0 bridgehead atoms. The van der Waals surface area contributed by atoms with Crippen LogP contribution in [-0.4, -0.2) is 20.3 Å². The summed E-state index contributed by atoms with van der Waals surface area (Å²) >= 11 is 4.64. The molecule has 0 amide bonds. The zero-order valence-electron chi connectivity index (χ0n) is 12.2. The van der Waals surface area contributed by atoms with E-state index in [1.807, 2.05) is 47.2 Å². The van der Waals surface area contributed by atoms with Gasteiger partial charge in [-0.3, -0.25) is 0 Å². The number of thioether (sulfide) groups is 1. The minimum atomic E-state index is 0.551. The van der Waals surface area contributed by atoms with E-state index < -0.39 is 0 Å². The molecule has 0 saturated heterocycles. The summed E-state index contributed by atoms with van der Waals surface area (Å²) < 4.78 is 6.13. The van der Waals surface area contributed by atoms with Gasteiger partial charge in [-0.1, -0.05) is 46.5 Å². The van der Waals surface area contributed by atoms with Crippen LogP contribution in [0.25, 0.3) is 11.5 Å². The molecule has 120 valence electrons. The first-order chi connectivity index (χ1) is 11.9. The maximum atomic E-state index is 5.27. The Hall–Kier alpha value is -2.23. The van der Waals surface area contributed by atoms with Crippen molar-refractivity contribution in [3.05, 3.63) is 53.0 Å². The van der Waals surface area contributed by atoms with E-state index in [4.69, 9.17) is 4.52 Å². The van der Waals surface area contributed by atoms with Crippen molar-refractivity contribution in [2.75, 3.05) is 5.32 Å². The number of benzene rings is 1. The lowest BCUT2D eigenvalue weighted by atomic mass is 10.3. The van der Waals surface area contributed by atoms with Crippen molar-refractivity contribution >= 4 is 45.3 Å². The van der Waals surface area contributed by atoms with E-state index in [2.05, 4.69) is 25.7 Å². The Bertz CT molecular complexity index is 904. The molecule has 0 atom stereocenters. The smallest absolute Gasteiger partial charge is 0.258 e. The number of para-hydroxylation sites is 1. The van der Waals surface area contributed by atoms with Crippen LogP contribution >= 0.6 is 34.4 Å². The maximum absolute atomic E-state index is 5.27. The van der Waals surface area contributed by atoms with Crippen molar-refractivity contribution in [1.82, 2.24) is 20.3 Å². The summed E-state index contributed by atoms with van der Waals surface area (Å²) in [4.78, 5) is 4.39. The van der Waals surface area contributed by atoms with Gasteiger partial charge in [0, 0.05) is 11.1 Å². The number of anilines is 2. The first-order valence-electron chi connectivity index (χ1n) is 7.00. The number of hydrogen-bond acceptors (Lipinski definition) is 9. The molecule has 0 aliphatic rings. The number of rotatable bonds is 6. The number of nitrogens with one attached hydrogen (secondary N) is 1. The van der Waals surface area contributed by atoms with Crippen LogP contribution in [-0.2, 0) is 5.75 Å². The number of aromatic nitrogens is 4. The molecule has 4 rings (SSSR count). The van der Waals surface area contributed by atoms with Gasteiger partial charge < -0.3 is 9.84 Å². The molecule has 0 fully saturated rings. The topological polar surface area (TPSA) is 76.7 Å². The zero-order chi connectivity index (χ0) is 16.2. The summed E-state index contributed by atoms with van der Waals surface area (Å²) in [5, 5.41) is 20.3. The number of hydrogen-bond donors (Lipinski definition) is 1. The predicted molar refractivity (Wildman–Crippen MR) is 96.8 cm³/mol. The van der Waals surface area contributed by atoms with Gasteiger partial charge in [-0.05, 0) is 23.6 Å². The Morgan fingerprint density at radius 1 is 1.12 bits per heavy atom. The molecule has 4 aromatic rings. The van der Waals surface area contributed by atoms with Gasteiger partial charge in [0.2, 0.25) is 5.13 Å². The fourth-order valence-electron chi connectivity index (χ4n) is 1.91. The van der Waals surface area contributed by atoms with Crippen LogP contribution in [0, 0.1) is 0 Å². The average Bonchev–Trinajstić information content (AvgIpc) is 3.35. The van der Waals surface area contributed by atoms with Crippen molar-refractivity contribution < 1.29 is 4.52 Å². The van der Waals surface area contributed by atoms with Crippen LogP contribution in [0.1, 0.15) is 5.82 Å². The van der Waals surface area contributed by atoms with E-state index >= 15 is 0 Å². The molecule has 3 heterocycles. The summed E-state index contributed by atoms with van der Waals surface area (Å²) in [7, 11) is 0. The van der Waals surface area contributed by atoms with Gasteiger partial charge >= 0.3 is 0 Å². The maximum Gasteiger partial charge on any atom is 0.258 e. The third-order valence-electron chi connectivity index (χ3n) is 2.99. The lowest BCUT2D eigenvalue weighted by Gasteiger charge is -1.99. The highest BCUT2D eigenvalue weighted by molar-refractivity contribution is 8.00. The first-order valence-corrected chi connectivity index (χ1v) is 9.75. The number of nitrogens with zero attached hydrogens (tertiary/aromatic N) is 4.